The number of alkyl carbamates (subject to hydrolysis) is 1. The second-order valence-corrected chi connectivity index (χ2v) is 14.2. The van der Waals surface area contributed by atoms with Crippen molar-refractivity contribution >= 4 is 31.7 Å². The first-order valence-corrected chi connectivity index (χ1v) is 17.0. The number of carbonyl (C=O) groups excluding carboxylic acids is 1. The van der Waals surface area contributed by atoms with E-state index >= 15 is 0 Å². The standard InChI is InChI=1S/C26H39N3O2.C2F6NO4S2/c1-6-7-15-28-17-18-29(21-28)16-10-8-9-11-19-31-25(30)27-26(4,5)24-14-12-13-23(20-24)22(2)3;3-1(4,5)14(10,11)9-15(12,13)2(6,7)8/h12-14,17-18,20-21H,2,6-11,15-16,19H2,1,3-5H3;/q;-1/p+1. The van der Waals surface area contributed by atoms with Crippen LogP contribution in [0.4, 0.5) is 31.1 Å². The number of ether oxygens (including phenoxy) is 1. The molecule has 0 atom stereocenters. The molecule has 1 aromatic heterocycles. The van der Waals surface area contributed by atoms with Gasteiger partial charge in [-0.15, -0.1) is 0 Å². The van der Waals surface area contributed by atoms with E-state index in [4.69, 9.17) is 4.74 Å². The van der Waals surface area contributed by atoms with Crippen LogP contribution in [0.1, 0.15) is 77.3 Å². The maximum absolute atomic E-state index is 12.2. The number of aryl methyl sites for hydroxylation is 2. The number of sulfonamides is 2. The van der Waals surface area contributed by atoms with E-state index in [2.05, 4.69) is 52.7 Å². The molecule has 46 heavy (non-hydrogen) atoms. The van der Waals surface area contributed by atoms with Crippen molar-refractivity contribution in [1.29, 1.82) is 0 Å². The van der Waals surface area contributed by atoms with E-state index in [0.717, 1.165) is 59.6 Å². The molecule has 1 N–H and O–H groups in total. The van der Waals surface area contributed by atoms with Crippen LogP contribution in [0, 0.1) is 0 Å². The van der Waals surface area contributed by atoms with Gasteiger partial charge in [0.25, 0.3) is 0 Å². The molecule has 0 radical (unpaired) electrons. The lowest BCUT2D eigenvalue weighted by Gasteiger charge is -2.27. The summed E-state index contributed by atoms with van der Waals surface area (Å²) in [5.74, 6) is 0. The molecule has 1 amide bonds. The summed E-state index contributed by atoms with van der Waals surface area (Å²) in [6.45, 7) is 14.8. The van der Waals surface area contributed by atoms with Gasteiger partial charge in [0.15, 0.2) is 20.0 Å². The van der Waals surface area contributed by atoms with Gasteiger partial charge in [-0.2, -0.15) is 26.3 Å². The quantitative estimate of drug-likeness (QED) is 0.122. The van der Waals surface area contributed by atoms with Gasteiger partial charge in [0.2, 0.25) is 6.33 Å². The van der Waals surface area contributed by atoms with Crippen molar-refractivity contribution in [1.82, 2.24) is 9.88 Å². The van der Waals surface area contributed by atoms with Gasteiger partial charge < -0.3 is 14.2 Å². The molecule has 0 saturated heterocycles. The number of allylic oxidation sites excluding steroid dienone is 1. The summed E-state index contributed by atoms with van der Waals surface area (Å²) < 4.78 is 119. The van der Waals surface area contributed by atoms with Crippen LogP contribution in [0.5, 0.6) is 0 Å². The molecule has 1 heterocycles. The SMILES string of the molecule is C=C(C)c1cccc(C(C)(C)NC(=O)OCCCCCC[n+]2ccn(CCCC)c2)c1.O=S(=O)([N-]S(=O)(=O)C(F)(F)F)C(F)(F)F. The fourth-order valence-corrected chi connectivity index (χ4v) is 5.42. The zero-order chi connectivity index (χ0) is 35.4. The molecule has 0 bridgehead atoms. The molecule has 0 aliphatic rings. The van der Waals surface area contributed by atoms with E-state index in [9.17, 15) is 48.0 Å². The van der Waals surface area contributed by atoms with Gasteiger partial charge >= 0.3 is 17.1 Å². The summed E-state index contributed by atoms with van der Waals surface area (Å²) >= 11 is 0. The van der Waals surface area contributed by atoms with Crippen LogP contribution in [0.2, 0.25) is 0 Å². The van der Waals surface area contributed by atoms with Gasteiger partial charge in [-0.05, 0) is 70.1 Å². The molecule has 10 nitrogen and oxygen atoms in total. The summed E-state index contributed by atoms with van der Waals surface area (Å²) in [5, 5.41) is 2.98. The molecule has 0 fully saturated rings. The Bertz CT molecular complexity index is 1460. The van der Waals surface area contributed by atoms with Crippen LogP contribution in [-0.2, 0) is 43.4 Å². The van der Waals surface area contributed by atoms with Gasteiger partial charge in [-0.1, -0.05) is 43.7 Å². The first kappa shape index (κ1) is 40.9. The van der Waals surface area contributed by atoms with Gasteiger partial charge in [-0.25, -0.2) is 30.8 Å². The van der Waals surface area contributed by atoms with Crippen LogP contribution in [0.3, 0.4) is 0 Å². The Kier molecular flexibility index (Phi) is 15.3. The normalized spacial score (nSPS) is 12.7. The molecular weight excluding hydrogens is 666 g/mol. The fraction of sp³-hybridized carbons (Fsp3) is 0.571. The molecule has 262 valence electrons. The molecule has 0 aliphatic carbocycles. The highest BCUT2D eigenvalue weighted by atomic mass is 32.3. The number of aromatic nitrogens is 2. The monoisotopic (exact) mass is 706 g/mol. The van der Waals surface area contributed by atoms with Gasteiger partial charge in [0.05, 0.1) is 25.2 Å². The van der Waals surface area contributed by atoms with E-state index in [1.54, 1.807) is 0 Å². The van der Waals surface area contributed by atoms with Gasteiger partial charge in [0.1, 0.15) is 12.4 Å². The predicted molar refractivity (Wildman–Crippen MR) is 160 cm³/mol. The number of rotatable bonds is 15. The van der Waals surface area contributed by atoms with Crippen LogP contribution in [-0.4, -0.2) is 45.1 Å². The number of alkyl halides is 6. The predicted octanol–water partition coefficient (Wildman–Crippen LogP) is 6.89. The molecule has 2 aromatic rings. The van der Waals surface area contributed by atoms with E-state index in [0.29, 0.717) is 6.61 Å². The lowest BCUT2D eigenvalue weighted by atomic mass is 9.92. The maximum atomic E-state index is 12.2. The number of hydrogen-bond donors (Lipinski definition) is 1. The highest BCUT2D eigenvalue weighted by molar-refractivity contribution is 8.13. The molecule has 1 aromatic carbocycles. The number of carbonyl (C=O) groups is 1. The third-order valence-electron chi connectivity index (χ3n) is 6.33. The average Bonchev–Trinajstić information content (AvgIpc) is 3.37. The summed E-state index contributed by atoms with van der Waals surface area (Å²) in [7, 11) is -13.4. The summed E-state index contributed by atoms with van der Waals surface area (Å²) in [6, 6.07) is 8.11. The zero-order valence-electron chi connectivity index (χ0n) is 26.0. The minimum atomic E-state index is -6.72. The minimum absolute atomic E-state index is 0.366. The van der Waals surface area contributed by atoms with Crippen LogP contribution >= 0.6 is 0 Å². The summed E-state index contributed by atoms with van der Waals surface area (Å²) in [4.78, 5) is 12.2. The maximum Gasteiger partial charge on any atom is 0.480 e. The van der Waals surface area contributed by atoms with Gasteiger partial charge in [0, 0.05) is 0 Å². The average molecular weight is 707 g/mol. The topological polar surface area (TPSA) is 130 Å². The van der Waals surface area contributed by atoms with Crippen molar-refractivity contribution in [2.45, 2.75) is 95.9 Å². The molecule has 0 unspecified atom stereocenters. The number of halogens is 6. The number of hydrogen-bond acceptors (Lipinski definition) is 6. The Morgan fingerprint density at radius 2 is 1.57 bits per heavy atom. The Morgan fingerprint density at radius 3 is 2.11 bits per heavy atom. The Hall–Kier alpha value is -3.12. The van der Waals surface area contributed by atoms with E-state index in [-0.39, 0.29) is 6.09 Å². The lowest BCUT2D eigenvalue weighted by molar-refractivity contribution is -0.696. The van der Waals surface area contributed by atoms with Crippen molar-refractivity contribution in [2.24, 2.45) is 0 Å². The number of unbranched alkanes of at least 4 members (excludes halogenated alkanes) is 4. The van der Waals surface area contributed by atoms with Crippen molar-refractivity contribution in [3.8, 4) is 0 Å². The van der Waals surface area contributed by atoms with E-state index in [1.165, 1.54) is 12.8 Å². The number of amides is 1. The first-order valence-electron chi connectivity index (χ1n) is 14.2. The molecule has 18 heteroatoms. The molecule has 0 saturated carbocycles. The van der Waals surface area contributed by atoms with Crippen molar-refractivity contribution in [3.63, 3.8) is 0 Å². The largest absolute Gasteiger partial charge is 0.480 e. The van der Waals surface area contributed by atoms with Crippen molar-refractivity contribution in [3.05, 3.63) is 64.8 Å². The smallest absolute Gasteiger partial charge is 0.450 e. The van der Waals surface area contributed by atoms with E-state index in [1.807, 2.05) is 39.0 Å². The zero-order valence-corrected chi connectivity index (χ0v) is 27.6. The number of nitrogens with zero attached hydrogens (tertiary/aromatic N) is 3. The molecule has 0 spiro atoms. The highest BCUT2D eigenvalue weighted by Crippen LogP contribution is 2.36. The minimum Gasteiger partial charge on any atom is -0.450 e. The summed E-state index contributed by atoms with van der Waals surface area (Å²) in [5.41, 5.74) is -9.79. The third kappa shape index (κ3) is 13.7. The molecular formula is C28H40F6N4O6S2. The number of benzene rings is 1. The Labute approximate surface area is 265 Å². The van der Waals surface area contributed by atoms with Crippen LogP contribution in [0.15, 0.2) is 49.6 Å². The molecule has 2 rings (SSSR count). The summed E-state index contributed by atoms with van der Waals surface area (Å²) in [6.07, 6.45) is 12.8. The lowest BCUT2D eigenvalue weighted by Crippen LogP contribution is -2.41. The highest BCUT2D eigenvalue weighted by Gasteiger charge is 2.47. The fourth-order valence-electron chi connectivity index (χ4n) is 3.71. The Morgan fingerprint density at radius 1 is 0.978 bits per heavy atom. The number of nitrogens with one attached hydrogen (secondary N) is 1. The van der Waals surface area contributed by atoms with Gasteiger partial charge in [-0.3, -0.25) is 0 Å². The second-order valence-electron chi connectivity index (χ2n) is 10.8. The second kappa shape index (κ2) is 17.2. The first-order chi connectivity index (χ1) is 21.0. The van der Waals surface area contributed by atoms with Crippen LogP contribution in [0.25, 0.3) is 9.70 Å². The van der Waals surface area contributed by atoms with Crippen molar-refractivity contribution in [2.75, 3.05) is 6.61 Å². The Balaban J connectivity index is 0.000000595. The van der Waals surface area contributed by atoms with Crippen LogP contribution < -0.4 is 9.88 Å². The number of imidazole rings is 1. The molecule has 0 aliphatic heterocycles. The third-order valence-corrected chi connectivity index (χ3v) is 9.07. The van der Waals surface area contributed by atoms with E-state index < -0.39 is 36.6 Å². The van der Waals surface area contributed by atoms with Crippen molar-refractivity contribution < 1.29 is 57.3 Å².